The zero-order valence-corrected chi connectivity index (χ0v) is 17.4. The standard InChI is InChI=1S/C25H26N4O/c1-4-16-28(23-15-14-20-10-8-9-13-22(20)23)17-24(30)26-25-18(2)27-29(19(25)3)21-11-6-5-7-12-21/h1,5-13,23H,14-17H2,2-3H3,(H,26,30)/t23-/m0/s1. The molecule has 0 aliphatic heterocycles. The van der Waals surface area contributed by atoms with E-state index in [1.54, 1.807) is 0 Å². The molecule has 0 bridgehead atoms. The first kappa shape index (κ1) is 19.9. The SMILES string of the molecule is C#CCN(CC(=O)Nc1c(C)nn(-c2ccccc2)c1C)[C@H]1CCc2ccccc21. The van der Waals surface area contributed by atoms with E-state index in [9.17, 15) is 4.79 Å². The zero-order valence-electron chi connectivity index (χ0n) is 17.4. The molecule has 1 amide bonds. The Balaban J connectivity index is 1.51. The second-order valence-corrected chi connectivity index (χ2v) is 7.70. The second-order valence-electron chi connectivity index (χ2n) is 7.70. The number of fused-ring (bicyclic) bond motifs is 1. The van der Waals surface area contributed by atoms with Gasteiger partial charge in [0.05, 0.1) is 35.9 Å². The Bertz CT molecular complexity index is 1090. The number of amides is 1. The molecule has 0 saturated carbocycles. The number of para-hydroxylation sites is 1. The van der Waals surface area contributed by atoms with Gasteiger partial charge in [0.15, 0.2) is 0 Å². The van der Waals surface area contributed by atoms with Gasteiger partial charge >= 0.3 is 0 Å². The first-order valence-corrected chi connectivity index (χ1v) is 10.2. The third-order valence-electron chi connectivity index (χ3n) is 5.74. The van der Waals surface area contributed by atoms with Gasteiger partial charge in [-0.3, -0.25) is 9.69 Å². The quantitative estimate of drug-likeness (QED) is 0.638. The zero-order chi connectivity index (χ0) is 21.1. The van der Waals surface area contributed by atoms with Crippen LogP contribution in [0.25, 0.3) is 5.69 Å². The predicted octanol–water partition coefficient (Wildman–Crippen LogP) is 4.05. The van der Waals surface area contributed by atoms with Gasteiger partial charge in [0.2, 0.25) is 5.91 Å². The molecule has 1 heterocycles. The molecular weight excluding hydrogens is 372 g/mol. The summed E-state index contributed by atoms with van der Waals surface area (Å²) in [7, 11) is 0. The predicted molar refractivity (Wildman–Crippen MR) is 120 cm³/mol. The third kappa shape index (κ3) is 3.87. The number of nitrogens with one attached hydrogen (secondary N) is 1. The summed E-state index contributed by atoms with van der Waals surface area (Å²) in [5.74, 6) is 2.65. The van der Waals surface area contributed by atoms with E-state index in [0.717, 1.165) is 35.6 Å². The van der Waals surface area contributed by atoms with Gasteiger partial charge in [-0.25, -0.2) is 4.68 Å². The molecule has 0 spiro atoms. The molecule has 1 aliphatic rings. The second kappa shape index (κ2) is 8.56. The topological polar surface area (TPSA) is 50.2 Å². The molecule has 4 rings (SSSR count). The van der Waals surface area contributed by atoms with Crippen LogP contribution in [-0.2, 0) is 11.2 Å². The van der Waals surface area contributed by atoms with Crippen LogP contribution in [0.15, 0.2) is 54.6 Å². The number of rotatable bonds is 6. The van der Waals surface area contributed by atoms with Crippen molar-refractivity contribution in [3.8, 4) is 18.0 Å². The number of carbonyl (C=O) groups is 1. The van der Waals surface area contributed by atoms with Gasteiger partial charge in [0, 0.05) is 6.04 Å². The van der Waals surface area contributed by atoms with Crippen molar-refractivity contribution >= 4 is 11.6 Å². The van der Waals surface area contributed by atoms with Crippen LogP contribution < -0.4 is 5.32 Å². The molecular formula is C25H26N4O. The summed E-state index contributed by atoms with van der Waals surface area (Å²) < 4.78 is 1.86. The maximum Gasteiger partial charge on any atom is 0.238 e. The van der Waals surface area contributed by atoms with Crippen LogP contribution in [0.4, 0.5) is 5.69 Å². The highest BCUT2D eigenvalue weighted by molar-refractivity contribution is 5.93. The van der Waals surface area contributed by atoms with Gasteiger partial charge in [0.25, 0.3) is 0 Å². The van der Waals surface area contributed by atoms with E-state index in [0.29, 0.717) is 6.54 Å². The summed E-state index contributed by atoms with van der Waals surface area (Å²) >= 11 is 0. The molecule has 3 aromatic rings. The average Bonchev–Trinajstić information content (AvgIpc) is 3.30. The number of carbonyl (C=O) groups excluding carboxylic acids is 1. The Kier molecular flexibility index (Phi) is 5.69. The summed E-state index contributed by atoms with van der Waals surface area (Å²) in [4.78, 5) is 15.0. The highest BCUT2D eigenvalue weighted by Gasteiger charge is 2.28. The van der Waals surface area contributed by atoms with Crippen molar-refractivity contribution < 1.29 is 4.79 Å². The Hall–Kier alpha value is -3.36. The van der Waals surface area contributed by atoms with Crippen LogP contribution in [-0.4, -0.2) is 33.7 Å². The maximum atomic E-state index is 13.0. The number of hydrogen-bond acceptors (Lipinski definition) is 3. The van der Waals surface area contributed by atoms with Crippen LogP contribution in [0.5, 0.6) is 0 Å². The number of aryl methyl sites for hydroxylation is 2. The lowest BCUT2D eigenvalue weighted by atomic mass is 10.1. The number of terminal acetylenes is 1. The van der Waals surface area contributed by atoms with Crippen LogP contribution >= 0.6 is 0 Å². The summed E-state index contributed by atoms with van der Waals surface area (Å²) in [5, 5.41) is 7.68. The highest BCUT2D eigenvalue weighted by atomic mass is 16.2. The minimum absolute atomic E-state index is 0.0755. The molecule has 1 aliphatic carbocycles. The first-order chi connectivity index (χ1) is 14.6. The molecule has 0 radical (unpaired) electrons. The van der Waals surface area contributed by atoms with E-state index >= 15 is 0 Å². The summed E-state index contributed by atoms with van der Waals surface area (Å²) in [5.41, 5.74) is 6.05. The summed E-state index contributed by atoms with van der Waals surface area (Å²) in [6, 6.07) is 18.5. The minimum Gasteiger partial charge on any atom is -0.322 e. The van der Waals surface area contributed by atoms with Crippen molar-refractivity contribution in [3.05, 3.63) is 77.1 Å². The fourth-order valence-corrected chi connectivity index (χ4v) is 4.32. The first-order valence-electron chi connectivity index (χ1n) is 10.2. The minimum atomic E-state index is -0.0755. The molecule has 152 valence electrons. The normalized spacial score (nSPS) is 15.1. The summed E-state index contributed by atoms with van der Waals surface area (Å²) in [6.07, 6.45) is 7.63. The van der Waals surface area contributed by atoms with Gasteiger partial charge in [-0.1, -0.05) is 48.4 Å². The van der Waals surface area contributed by atoms with Crippen LogP contribution in [0.2, 0.25) is 0 Å². The van der Waals surface area contributed by atoms with Crippen molar-refractivity contribution in [2.75, 3.05) is 18.4 Å². The molecule has 5 heteroatoms. The monoisotopic (exact) mass is 398 g/mol. The van der Waals surface area contributed by atoms with Crippen LogP contribution in [0.1, 0.15) is 35.0 Å². The number of nitrogens with zero attached hydrogens (tertiary/aromatic N) is 3. The fourth-order valence-electron chi connectivity index (χ4n) is 4.32. The van der Waals surface area contributed by atoms with E-state index < -0.39 is 0 Å². The van der Waals surface area contributed by atoms with E-state index in [-0.39, 0.29) is 18.5 Å². The van der Waals surface area contributed by atoms with Gasteiger partial charge < -0.3 is 5.32 Å². The smallest absolute Gasteiger partial charge is 0.238 e. The molecule has 1 aromatic heterocycles. The number of benzene rings is 2. The lowest BCUT2D eigenvalue weighted by molar-refractivity contribution is -0.117. The van der Waals surface area contributed by atoms with Crippen molar-refractivity contribution in [1.82, 2.24) is 14.7 Å². The molecule has 5 nitrogen and oxygen atoms in total. The molecule has 2 aromatic carbocycles. The fraction of sp³-hybridized carbons (Fsp3) is 0.280. The lowest BCUT2D eigenvalue weighted by Gasteiger charge is -2.27. The largest absolute Gasteiger partial charge is 0.322 e. The Morgan fingerprint density at radius 1 is 1.20 bits per heavy atom. The maximum absolute atomic E-state index is 13.0. The molecule has 30 heavy (non-hydrogen) atoms. The molecule has 0 fully saturated rings. The van der Waals surface area contributed by atoms with E-state index in [4.69, 9.17) is 6.42 Å². The van der Waals surface area contributed by atoms with Crippen LogP contribution in [0.3, 0.4) is 0 Å². The highest BCUT2D eigenvalue weighted by Crippen LogP contribution is 2.35. The van der Waals surface area contributed by atoms with Crippen molar-refractivity contribution in [1.29, 1.82) is 0 Å². The van der Waals surface area contributed by atoms with Gasteiger partial charge in [0.1, 0.15) is 0 Å². The Morgan fingerprint density at radius 3 is 2.70 bits per heavy atom. The molecule has 1 atom stereocenters. The number of anilines is 1. The van der Waals surface area contributed by atoms with Gasteiger partial charge in [-0.2, -0.15) is 5.10 Å². The third-order valence-corrected chi connectivity index (χ3v) is 5.74. The average molecular weight is 399 g/mol. The van der Waals surface area contributed by atoms with Gasteiger partial charge in [-0.15, -0.1) is 6.42 Å². The number of aromatic nitrogens is 2. The van der Waals surface area contributed by atoms with E-state index in [2.05, 4.69) is 45.5 Å². The molecule has 1 N–H and O–H groups in total. The van der Waals surface area contributed by atoms with Crippen molar-refractivity contribution in [2.45, 2.75) is 32.7 Å². The van der Waals surface area contributed by atoms with Crippen LogP contribution in [0, 0.1) is 26.2 Å². The van der Waals surface area contributed by atoms with E-state index in [1.807, 2.05) is 48.9 Å². The summed E-state index contributed by atoms with van der Waals surface area (Å²) in [6.45, 7) is 4.57. The van der Waals surface area contributed by atoms with E-state index in [1.165, 1.54) is 11.1 Å². The molecule has 0 saturated heterocycles. The van der Waals surface area contributed by atoms with Crippen molar-refractivity contribution in [2.24, 2.45) is 0 Å². The van der Waals surface area contributed by atoms with Gasteiger partial charge in [-0.05, 0) is 49.9 Å². The van der Waals surface area contributed by atoms with Crippen molar-refractivity contribution in [3.63, 3.8) is 0 Å². The molecule has 0 unspecified atom stereocenters. The Labute approximate surface area is 177 Å². The number of hydrogen-bond donors (Lipinski definition) is 1. The lowest BCUT2D eigenvalue weighted by Crippen LogP contribution is -2.36. The Morgan fingerprint density at radius 2 is 1.93 bits per heavy atom.